The number of thioether (sulfide) groups is 1. The van der Waals surface area contributed by atoms with Crippen LogP contribution in [-0.4, -0.2) is 49.6 Å². The van der Waals surface area contributed by atoms with Crippen LogP contribution in [0.5, 0.6) is 11.5 Å². The summed E-state index contributed by atoms with van der Waals surface area (Å²) in [6, 6.07) is 14.3. The Hall–Kier alpha value is -4.75. The fourth-order valence-corrected chi connectivity index (χ4v) is 7.28. The van der Waals surface area contributed by atoms with Gasteiger partial charge in [0.05, 0.1) is 30.5 Å². The lowest BCUT2D eigenvalue weighted by Gasteiger charge is -2.23. The van der Waals surface area contributed by atoms with Crippen molar-refractivity contribution in [3.63, 3.8) is 0 Å². The van der Waals surface area contributed by atoms with Gasteiger partial charge >= 0.3 is 5.91 Å². The number of hydrogen-bond donors (Lipinski definition) is 1. The molecule has 47 heavy (non-hydrogen) atoms. The third kappa shape index (κ3) is 6.08. The van der Waals surface area contributed by atoms with Gasteiger partial charge in [-0.25, -0.2) is 9.37 Å². The van der Waals surface area contributed by atoms with Gasteiger partial charge in [0.25, 0.3) is 5.78 Å². The molecule has 5 aromatic rings. The Morgan fingerprint density at radius 2 is 1.85 bits per heavy atom. The zero-order valence-corrected chi connectivity index (χ0v) is 27.8. The third-order valence-corrected chi connectivity index (χ3v) is 9.81. The summed E-state index contributed by atoms with van der Waals surface area (Å²) in [5.41, 5.74) is 3.15. The molecule has 0 saturated carbocycles. The smallest absolute Gasteiger partial charge is 0.301 e. The molecule has 0 spiro atoms. The van der Waals surface area contributed by atoms with Crippen LogP contribution < -0.4 is 14.4 Å². The minimum atomic E-state index is -1.09. The van der Waals surface area contributed by atoms with Gasteiger partial charge in [-0.3, -0.25) is 14.5 Å². The van der Waals surface area contributed by atoms with Gasteiger partial charge in [0.15, 0.2) is 21.6 Å². The highest BCUT2D eigenvalue weighted by atomic mass is 32.2. The minimum absolute atomic E-state index is 0.139. The van der Waals surface area contributed by atoms with Crippen LogP contribution >= 0.6 is 23.1 Å². The average molecular weight is 674 g/mol. The van der Waals surface area contributed by atoms with E-state index in [0.717, 1.165) is 23.3 Å². The molecule has 1 amide bonds. The summed E-state index contributed by atoms with van der Waals surface area (Å²) in [5.74, 6) is -1.25. The molecule has 13 heteroatoms. The predicted molar refractivity (Wildman–Crippen MR) is 179 cm³/mol. The minimum Gasteiger partial charge on any atom is -0.505 e. The number of Topliss-reactive ketones (excluding diaryl/α,β-unsaturated/α-hetero) is 1. The SMILES string of the molecule is CCCOc1ccc(C2/C(=C(\O)c3nc4c(C)cccn4c3C)C(=O)C(=O)N2c2nnc(SCc3ccccc3F)s2)cc1OCC. The van der Waals surface area contributed by atoms with Crippen LogP contribution in [0.15, 0.2) is 70.7 Å². The fraction of sp³-hybridized carbons (Fsp3) is 0.265. The first kappa shape index (κ1) is 32.2. The maximum absolute atomic E-state index is 14.2. The Bertz CT molecular complexity index is 2020. The summed E-state index contributed by atoms with van der Waals surface area (Å²) in [6.45, 7) is 8.36. The number of aryl methyl sites for hydroxylation is 2. The Balaban J connectivity index is 1.47. The number of carbonyl (C=O) groups is 2. The molecule has 0 aliphatic carbocycles. The number of rotatable bonds is 11. The first-order valence-electron chi connectivity index (χ1n) is 15.1. The van der Waals surface area contributed by atoms with Crippen molar-refractivity contribution in [2.24, 2.45) is 0 Å². The number of anilines is 1. The van der Waals surface area contributed by atoms with Crippen LogP contribution in [0.1, 0.15) is 54.4 Å². The van der Waals surface area contributed by atoms with Crippen molar-refractivity contribution < 1.29 is 28.6 Å². The van der Waals surface area contributed by atoms with Gasteiger partial charge in [-0.1, -0.05) is 60.4 Å². The Morgan fingerprint density at radius 1 is 1.04 bits per heavy atom. The van der Waals surface area contributed by atoms with E-state index in [1.807, 2.05) is 43.5 Å². The van der Waals surface area contributed by atoms with E-state index in [1.54, 1.807) is 43.3 Å². The van der Waals surface area contributed by atoms with Crippen LogP contribution in [0.4, 0.5) is 9.52 Å². The number of hydrogen-bond acceptors (Lipinski definition) is 10. The molecule has 1 unspecified atom stereocenters. The van der Waals surface area contributed by atoms with Crippen molar-refractivity contribution in [1.82, 2.24) is 19.6 Å². The molecule has 6 rings (SSSR count). The first-order valence-corrected chi connectivity index (χ1v) is 16.9. The van der Waals surface area contributed by atoms with E-state index < -0.39 is 23.5 Å². The van der Waals surface area contributed by atoms with Crippen LogP contribution in [0, 0.1) is 19.7 Å². The lowest BCUT2D eigenvalue weighted by atomic mass is 9.96. The molecule has 1 saturated heterocycles. The van der Waals surface area contributed by atoms with Crippen LogP contribution in [0.25, 0.3) is 11.4 Å². The van der Waals surface area contributed by atoms with E-state index in [4.69, 9.17) is 9.47 Å². The molecular formula is C34H32FN5O5S2. The standard InChI is InChI=1S/C34H32FN5O5S2/c1-5-16-45-24-14-13-21(17-25(24)44-6-2)28-26(29(41)27-20(4)39-15-9-10-19(3)31(39)36-27)30(42)32(43)40(28)33-37-38-34(47-33)46-18-22-11-7-8-12-23(22)35/h7-15,17,28,41H,5-6,16,18H2,1-4H3/b29-26+. The van der Waals surface area contributed by atoms with E-state index in [0.29, 0.717) is 57.3 Å². The summed E-state index contributed by atoms with van der Waals surface area (Å²) in [4.78, 5) is 33.6. The summed E-state index contributed by atoms with van der Waals surface area (Å²) >= 11 is 2.36. The number of carbonyl (C=O) groups excluding carboxylic acids is 2. The molecule has 0 bridgehead atoms. The normalized spacial score (nSPS) is 15.9. The van der Waals surface area contributed by atoms with Gasteiger partial charge in [0.1, 0.15) is 17.2 Å². The zero-order valence-electron chi connectivity index (χ0n) is 26.2. The quantitative estimate of drug-likeness (QED) is 0.0517. The van der Waals surface area contributed by atoms with Crippen LogP contribution in [0.3, 0.4) is 0 Å². The number of aromatic nitrogens is 4. The Kier molecular flexibility index (Phi) is 9.28. The molecule has 242 valence electrons. The number of benzene rings is 2. The van der Waals surface area contributed by atoms with Gasteiger partial charge in [0.2, 0.25) is 5.13 Å². The molecule has 10 nitrogen and oxygen atoms in total. The van der Waals surface area contributed by atoms with Crippen LogP contribution in [-0.2, 0) is 15.3 Å². The van der Waals surface area contributed by atoms with Crippen molar-refractivity contribution in [1.29, 1.82) is 0 Å². The number of pyridine rings is 1. The van der Waals surface area contributed by atoms with E-state index >= 15 is 0 Å². The zero-order chi connectivity index (χ0) is 33.2. The lowest BCUT2D eigenvalue weighted by molar-refractivity contribution is -0.132. The number of fused-ring (bicyclic) bond motifs is 1. The van der Waals surface area contributed by atoms with Gasteiger partial charge in [0, 0.05) is 11.9 Å². The molecule has 2 aromatic carbocycles. The highest BCUT2D eigenvalue weighted by Gasteiger charge is 2.49. The molecule has 1 aliphatic rings. The number of halogens is 1. The van der Waals surface area contributed by atoms with Gasteiger partial charge < -0.3 is 19.0 Å². The summed E-state index contributed by atoms with van der Waals surface area (Å²) in [6.07, 6.45) is 2.61. The average Bonchev–Trinajstić information content (AvgIpc) is 3.75. The monoisotopic (exact) mass is 673 g/mol. The Labute approximate surface area is 278 Å². The topological polar surface area (TPSA) is 119 Å². The first-order chi connectivity index (χ1) is 22.7. The number of imidazole rings is 1. The fourth-order valence-electron chi connectivity index (χ4n) is 5.43. The summed E-state index contributed by atoms with van der Waals surface area (Å²) in [7, 11) is 0. The number of nitrogens with zero attached hydrogens (tertiary/aromatic N) is 5. The van der Waals surface area contributed by atoms with Crippen molar-refractivity contribution in [2.45, 2.75) is 50.3 Å². The second-order valence-electron chi connectivity index (χ2n) is 10.8. The molecule has 0 radical (unpaired) electrons. The maximum Gasteiger partial charge on any atom is 0.301 e. The molecule has 1 fully saturated rings. The van der Waals surface area contributed by atoms with E-state index in [2.05, 4.69) is 15.2 Å². The molecule has 1 aliphatic heterocycles. The highest BCUT2D eigenvalue weighted by molar-refractivity contribution is 8.00. The highest BCUT2D eigenvalue weighted by Crippen LogP contribution is 2.46. The van der Waals surface area contributed by atoms with E-state index in [9.17, 15) is 19.1 Å². The number of aliphatic hydroxyl groups is 1. The summed E-state index contributed by atoms with van der Waals surface area (Å²) in [5, 5.41) is 20.5. The second kappa shape index (κ2) is 13.5. The maximum atomic E-state index is 14.2. The largest absolute Gasteiger partial charge is 0.505 e. The molecule has 4 heterocycles. The van der Waals surface area contributed by atoms with Crippen molar-refractivity contribution in [3.05, 3.63) is 100 Å². The number of amides is 1. The molecule has 3 aromatic heterocycles. The van der Waals surface area contributed by atoms with Crippen LogP contribution in [0.2, 0.25) is 0 Å². The predicted octanol–water partition coefficient (Wildman–Crippen LogP) is 7.05. The lowest BCUT2D eigenvalue weighted by Crippen LogP contribution is -2.29. The Morgan fingerprint density at radius 3 is 2.60 bits per heavy atom. The number of ether oxygens (including phenoxy) is 2. The third-order valence-electron chi connectivity index (χ3n) is 7.71. The van der Waals surface area contributed by atoms with Crippen molar-refractivity contribution in [2.75, 3.05) is 18.1 Å². The molecule has 1 atom stereocenters. The second-order valence-corrected chi connectivity index (χ2v) is 13.0. The molecular weight excluding hydrogens is 642 g/mol. The van der Waals surface area contributed by atoms with Crippen molar-refractivity contribution in [3.8, 4) is 11.5 Å². The van der Waals surface area contributed by atoms with Gasteiger partial charge in [-0.2, -0.15) is 0 Å². The summed E-state index contributed by atoms with van der Waals surface area (Å²) < 4.78 is 28.3. The molecule has 1 N–H and O–H groups in total. The van der Waals surface area contributed by atoms with E-state index in [1.165, 1.54) is 22.7 Å². The van der Waals surface area contributed by atoms with Gasteiger partial charge in [-0.15, -0.1) is 10.2 Å². The number of ketones is 1. The number of aliphatic hydroxyl groups excluding tert-OH is 1. The van der Waals surface area contributed by atoms with Gasteiger partial charge in [-0.05, 0) is 68.1 Å². The van der Waals surface area contributed by atoms with E-state index in [-0.39, 0.29) is 22.2 Å². The van der Waals surface area contributed by atoms with Crippen molar-refractivity contribution >= 4 is 51.3 Å².